The fourth-order valence-electron chi connectivity index (χ4n) is 6.12. The van der Waals surface area contributed by atoms with E-state index in [0.29, 0.717) is 41.3 Å². The molecule has 35 heavy (non-hydrogen) atoms. The van der Waals surface area contributed by atoms with Crippen LogP contribution in [0.15, 0.2) is 51.8 Å². The van der Waals surface area contributed by atoms with Gasteiger partial charge in [0.05, 0.1) is 28.1 Å². The molecule has 2 bridgehead atoms. The van der Waals surface area contributed by atoms with Crippen LogP contribution in [0.1, 0.15) is 60.6 Å². The summed E-state index contributed by atoms with van der Waals surface area (Å²) < 4.78 is 0. The number of fused-ring (bicyclic) bond motifs is 2. The molecule has 0 radical (unpaired) electrons. The maximum Gasteiger partial charge on any atom is 0.161 e. The van der Waals surface area contributed by atoms with Crippen LogP contribution in [0.25, 0.3) is 0 Å². The molecule has 0 amide bonds. The minimum absolute atomic E-state index is 0.0686. The molecule has 4 aliphatic heterocycles. The predicted molar refractivity (Wildman–Crippen MR) is 139 cm³/mol. The van der Waals surface area contributed by atoms with Crippen LogP contribution < -0.4 is 15.5 Å². The van der Waals surface area contributed by atoms with E-state index >= 15 is 0 Å². The highest BCUT2D eigenvalue weighted by Crippen LogP contribution is 2.55. The van der Waals surface area contributed by atoms with Gasteiger partial charge in [0.15, 0.2) is 5.78 Å². The third-order valence-electron chi connectivity index (χ3n) is 7.77. The normalized spacial score (nSPS) is 21.7. The van der Waals surface area contributed by atoms with Gasteiger partial charge in [0.1, 0.15) is 16.9 Å². The van der Waals surface area contributed by atoms with Gasteiger partial charge < -0.3 is 10.6 Å². The van der Waals surface area contributed by atoms with Gasteiger partial charge >= 0.3 is 0 Å². The summed E-state index contributed by atoms with van der Waals surface area (Å²) in [5, 5.41) is 22.5. The van der Waals surface area contributed by atoms with E-state index in [2.05, 4.69) is 17.0 Å². The van der Waals surface area contributed by atoms with E-state index in [4.69, 9.17) is 5.73 Å². The molecule has 6 nitrogen and oxygen atoms in total. The fraction of sp³-hybridized carbons (Fsp3) is 0.370. The molecule has 8 heteroatoms. The van der Waals surface area contributed by atoms with Gasteiger partial charge in [-0.25, -0.2) is 0 Å². The Morgan fingerprint density at radius 2 is 1.83 bits per heavy atom. The van der Waals surface area contributed by atoms with E-state index in [1.54, 1.807) is 23.1 Å². The van der Waals surface area contributed by atoms with Crippen molar-refractivity contribution >= 4 is 38.9 Å². The molecule has 1 saturated heterocycles. The summed E-state index contributed by atoms with van der Waals surface area (Å²) >= 11 is 3.24. The monoisotopic (exact) mass is 499 g/mol. The number of benzene rings is 1. The molecule has 2 aromatic rings. The fourth-order valence-corrected chi connectivity index (χ4v) is 7.96. The Labute approximate surface area is 213 Å². The summed E-state index contributed by atoms with van der Waals surface area (Å²) in [6.45, 7) is 2.02. The summed E-state index contributed by atoms with van der Waals surface area (Å²) in [7, 11) is 0. The largest absolute Gasteiger partial charge is 0.384 e. The lowest BCUT2D eigenvalue weighted by molar-refractivity contribution is -0.116. The van der Waals surface area contributed by atoms with Crippen LogP contribution >= 0.6 is 23.1 Å². The molecule has 0 saturated carbocycles. The molecule has 7 rings (SSSR count). The number of thiophene rings is 1. The molecule has 176 valence electrons. The van der Waals surface area contributed by atoms with Gasteiger partial charge in [-0.15, -0.1) is 11.8 Å². The number of thioether (sulfide) groups is 1. The molecule has 1 fully saturated rings. The Balaban J connectivity index is 1.57. The number of rotatable bonds is 3. The molecule has 5 heterocycles. The van der Waals surface area contributed by atoms with Gasteiger partial charge in [-0.3, -0.25) is 9.69 Å². The molecule has 2 N–H and O–H groups in total. The summed E-state index contributed by atoms with van der Waals surface area (Å²) in [4.78, 5) is 18.8. The topological polar surface area (TPSA) is 97.2 Å². The molecular formula is C27H25N5OS2. The van der Waals surface area contributed by atoms with E-state index in [0.717, 1.165) is 64.1 Å². The van der Waals surface area contributed by atoms with Crippen molar-refractivity contribution < 1.29 is 4.79 Å². The number of hydrogen-bond acceptors (Lipinski definition) is 8. The first-order chi connectivity index (χ1) is 17.1. The summed E-state index contributed by atoms with van der Waals surface area (Å²) in [6.07, 6.45) is 6.05. The highest BCUT2D eigenvalue weighted by molar-refractivity contribution is 7.98. The Kier molecular flexibility index (Phi) is 5.40. The first-order valence-corrected chi connectivity index (χ1v) is 14.0. The van der Waals surface area contributed by atoms with E-state index in [9.17, 15) is 15.3 Å². The minimum Gasteiger partial charge on any atom is -0.384 e. The van der Waals surface area contributed by atoms with Crippen molar-refractivity contribution in [3.63, 3.8) is 0 Å². The zero-order valence-electron chi connectivity index (χ0n) is 19.5. The van der Waals surface area contributed by atoms with Crippen LogP contribution in [0.3, 0.4) is 0 Å². The van der Waals surface area contributed by atoms with Crippen molar-refractivity contribution in [2.24, 2.45) is 5.73 Å². The van der Waals surface area contributed by atoms with Crippen molar-refractivity contribution in [3.05, 3.63) is 63.6 Å². The zero-order valence-corrected chi connectivity index (χ0v) is 21.1. The number of anilines is 2. The van der Waals surface area contributed by atoms with Gasteiger partial charge in [-0.05, 0) is 55.6 Å². The van der Waals surface area contributed by atoms with Gasteiger partial charge in [-0.1, -0.05) is 23.5 Å². The maximum absolute atomic E-state index is 13.4. The number of Topliss-reactive ketones (excluding diaryl/α,β-unsaturated/α-hetero) is 1. The van der Waals surface area contributed by atoms with Crippen molar-refractivity contribution in [2.75, 3.05) is 29.1 Å². The molecular weight excluding hydrogens is 474 g/mol. The average molecular weight is 500 g/mol. The molecule has 1 aromatic carbocycles. The van der Waals surface area contributed by atoms with Gasteiger partial charge in [-0.2, -0.15) is 10.5 Å². The first-order valence-electron chi connectivity index (χ1n) is 12.0. The molecule has 0 unspecified atom stereocenters. The number of nitrogens with two attached hydrogens (primary N) is 1. The summed E-state index contributed by atoms with van der Waals surface area (Å²) in [6, 6.07) is 12.9. The van der Waals surface area contributed by atoms with E-state index in [1.807, 2.05) is 35.4 Å². The lowest BCUT2D eigenvalue weighted by Gasteiger charge is -2.39. The number of carbonyl (C=O) groups is 1. The van der Waals surface area contributed by atoms with Crippen LogP contribution in [-0.2, 0) is 4.79 Å². The Bertz CT molecular complexity index is 1380. The van der Waals surface area contributed by atoms with E-state index in [-0.39, 0.29) is 5.78 Å². The zero-order chi connectivity index (χ0) is 24.3. The minimum atomic E-state index is -0.477. The molecule has 0 spiro atoms. The lowest BCUT2D eigenvalue weighted by atomic mass is 9.75. The molecule has 1 aromatic heterocycles. The quantitative estimate of drug-likeness (QED) is 0.569. The number of carbonyl (C=O) groups excluding carboxylic acids is 1. The van der Waals surface area contributed by atoms with Gasteiger partial charge in [0.25, 0.3) is 0 Å². The van der Waals surface area contributed by atoms with Crippen LogP contribution in [0.4, 0.5) is 10.0 Å². The number of nitriles is 2. The van der Waals surface area contributed by atoms with Crippen molar-refractivity contribution in [3.8, 4) is 12.1 Å². The number of piperidine rings is 1. The van der Waals surface area contributed by atoms with Crippen LogP contribution in [0, 0.1) is 22.7 Å². The molecule has 5 aliphatic rings. The highest BCUT2D eigenvalue weighted by Gasteiger charge is 2.43. The second kappa shape index (κ2) is 8.48. The maximum atomic E-state index is 13.4. The van der Waals surface area contributed by atoms with Crippen molar-refractivity contribution in [1.82, 2.24) is 0 Å². The standard InChI is InChI=1S/C27H25N5OS2/c1-34-17-7-5-15(6-8-17)22-18(13-28)25(30)32(20-3-2-4-21(33)24(20)22)26-19(14-29)23-16-9-11-31(12-10-16)27(23)35-26/h5-8,16,22H,2-4,9-12,30H2,1H3/t22-/m1/s1. The average Bonchev–Trinajstić information content (AvgIpc) is 3.30. The van der Waals surface area contributed by atoms with Crippen LogP contribution in [0.2, 0.25) is 0 Å². The van der Waals surface area contributed by atoms with Gasteiger partial charge in [0.2, 0.25) is 0 Å². The van der Waals surface area contributed by atoms with Crippen LogP contribution in [0.5, 0.6) is 0 Å². The van der Waals surface area contributed by atoms with Crippen molar-refractivity contribution in [2.45, 2.75) is 48.8 Å². The number of allylic oxidation sites excluding steroid dienone is 3. The van der Waals surface area contributed by atoms with E-state index < -0.39 is 5.92 Å². The summed E-state index contributed by atoms with van der Waals surface area (Å²) in [5.74, 6) is 0.329. The van der Waals surface area contributed by atoms with E-state index in [1.165, 1.54) is 0 Å². The Morgan fingerprint density at radius 1 is 1.09 bits per heavy atom. The lowest BCUT2D eigenvalue weighted by Crippen LogP contribution is -2.38. The van der Waals surface area contributed by atoms with Crippen LogP contribution in [-0.4, -0.2) is 25.1 Å². The summed E-state index contributed by atoms with van der Waals surface area (Å²) in [5.41, 5.74) is 11.4. The SMILES string of the molecule is CSc1ccc([C@@H]2C(C#N)=C(N)N(c3sc4c(c3C#N)C3CCN4CC3)C3=C2C(=O)CCC3)cc1. The number of ketones is 1. The first kappa shape index (κ1) is 22.3. The van der Waals surface area contributed by atoms with Crippen molar-refractivity contribution in [1.29, 1.82) is 10.5 Å². The highest BCUT2D eigenvalue weighted by atomic mass is 32.2. The third kappa shape index (κ3) is 3.24. The molecule has 1 atom stereocenters. The second-order valence-corrected chi connectivity index (χ2v) is 11.3. The Morgan fingerprint density at radius 3 is 2.49 bits per heavy atom. The Hall–Kier alpha value is -3.20. The number of nitrogens with zero attached hydrogens (tertiary/aromatic N) is 4. The molecule has 1 aliphatic carbocycles. The smallest absolute Gasteiger partial charge is 0.161 e. The second-order valence-electron chi connectivity index (χ2n) is 9.46. The van der Waals surface area contributed by atoms with Gasteiger partial charge in [0, 0.05) is 41.2 Å². The predicted octanol–water partition coefficient (Wildman–Crippen LogP) is 5.34. The third-order valence-corrected chi connectivity index (χ3v) is 9.77. The number of hydrogen-bond donors (Lipinski definition) is 1.